The number of phenols is 1. The van der Waals surface area contributed by atoms with E-state index in [1.165, 1.54) is 25.0 Å². The molecule has 0 amide bonds. The molecule has 0 saturated carbocycles. The van der Waals surface area contributed by atoms with Gasteiger partial charge in [-0.2, -0.15) is 0 Å². The Hall–Kier alpha value is -1.09. The summed E-state index contributed by atoms with van der Waals surface area (Å²) in [5.74, 6) is -0.0186. The molecule has 1 unspecified atom stereocenters. The molecule has 1 saturated heterocycles. The van der Waals surface area contributed by atoms with E-state index in [1.54, 1.807) is 6.92 Å². The van der Waals surface area contributed by atoms with E-state index in [0.29, 0.717) is 11.6 Å². The highest BCUT2D eigenvalue weighted by Gasteiger charge is 2.17. The Balaban J connectivity index is 2.16. The van der Waals surface area contributed by atoms with Gasteiger partial charge in [0.1, 0.15) is 11.6 Å². The third-order valence-corrected chi connectivity index (χ3v) is 3.37. The summed E-state index contributed by atoms with van der Waals surface area (Å²) in [5.41, 5.74) is 1.33. The van der Waals surface area contributed by atoms with Crippen LogP contribution in [0.25, 0.3) is 0 Å². The van der Waals surface area contributed by atoms with Crippen molar-refractivity contribution in [1.82, 2.24) is 5.32 Å². The Morgan fingerprint density at radius 1 is 1.44 bits per heavy atom. The normalized spacial score (nSPS) is 21.0. The molecule has 1 fully saturated rings. The van der Waals surface area contributed by atoms with Crippen LogP contribution >= 0.6 is 0 Å². The van der Waals surface area contributed by atoms with Gasteiger partial charge in [0.25, 0.3) is 0 Å². The van der Waals surface area contributed by atoms with E-state index in [2.05, 4.69) is 5.32 Å². The van der Waals surface area contributed by atoms with Crippen molar-refractivity contribution in [2.24, 2.45) is 0 Å². The minimum Gasteiger partial charge on any atom is -0.508 e. The fraction of sp³-hybridized carbons (Fsp3) is 0.538. The molecule has 1 heterocycles. The number of aromatic hydroxyl groups is 1. The smallest absolute Gasteiger partial charge is 0.126 e. The van der Waals surface area contributed by atoms with Gasteiger partial charge in [-0.15, -0.1) is 0 Å². The first kappa shape index (κ1) is 11.4. The van der Waals surface area contributed by atoms with Crippen LogP contribution < -0.4 is 5.32 Å². The van der Waals surface area contributed by atoms with Crippen molar-refractivity contribution in [2.75, 3.05) is 6.54 Å². The van der Waals surface area contributed by atoms with Gasteiger partial charge in [-0.05, 0) is 50.4 Å². The van der Waals surface area contributed by atoms with Crippen molar-refractivity contribution in [3.63, 3.8) is 0 Å². The summed E-state index contributed by atoms with van der Waals surface area (Å²) < 4.78 is 13.4. The van der Waals surface area contributed by atoms with Crippen LogP contribution in [0.3, 0.4) is 0 Å². The van der Waals surface area contributed by atoms with Crippen LogP contribution in [-0.4, -0.2) is 17.7 Å². The molecule has 88 valence electrons. The van der Waals surface area contributed by atoms with E-state index < -0.39 is 0 Å². The third-order valence-electron chi connectivity index (χ3n) is 3.37. The molecule has 1 atom stereocenters. The second-order valence-corrected chi connectivity index (χ2v) is 4.52. The van der Waals surface area contributed by atoms with Crippen LogP contribution in [0, 0.1) is 12.7 Å². The van der Waals surface area contributed by atoms with Gasteiger partial charge in [0.05, 0.1) is 0 Å². The zero-order chi connectivity index (χ0) is 11.5. The molecular weight excluding hydrogens is 205 g/mol. The molecule has 0 bridgehead atoms. The van der Waals surface area contributed by atoms with E-state index in [1.807, 2.05) is 0 Å². The first-order valence-electron chi connectivity index (χ1n) is 5.89. The monoisotopic (exact) mass is 223 g/mol. The quantitative estimate of drug-likeness (QED) is 0.807. The second-order valence-electron chi connectivity index (χ2n) is 4.52. The van der Waals surface area contributed by atoms with Crippen LogP contribution in [0.5, 0.6) is 5.75 Å². The minimum atomic E-state index is -0.233. The predicted molar refractivity (Wildman–Crippen MR) is 62.1 cm³/mol. The number of halogens is 1. The topological polar surface area (TPSA) is 32.3 Å². The summed E-state index contributed by atoms with van der Waals surface area (Å²) in [6, 6.07) is 3.14. The molecule has 16 heavy (non-hydrogen) atoms. The molecule has 0 spiro atoms. The first-order chi connectivity index (χ1) is 7.68. The molecule has 2 N–H and O–H groups in total. The number of rotatable bonds is 2. The molecule has 1 aromatic rings. The molecular formula is C13H18FNO. The van der Waals surface area contributed by atoms with Gasteiger partial charge in [0.15, 0.2) is 0 Å². The number of phenolic OH excluding ortho intramolecular Hbond substituents is 1. The molecule has 0 aromatic heterocycles. The summed E-state index contributed by atoms with van der Waals surface area (Å²) in [5, 5.41) is 13.2. The van der Waals surface area contributed by atoms with Gasteiger partial charge in [-0.1, -0.05) is 6.42 Å². The maximum atomic E-state index is 13.4. The minimum absolute atomic E-state index is 0.214. The standard InChI is InChI=1S/C13H18FNO/c1-9-11(13(16)6-5-12(9)14)8-10-4-2-3-7-15-10/h5-6,10,15-16H,2-4,7-8H2,1H3. The van der Waals surface area contributed by atoms with Crippen LogP contribution in [0.4, 0.5) is 4.39 Å². The predicted octanol–water partition coefficient (Wildman–Crippen LogP) is 2.52. The summed E-state index contributed by atoms with van der Waals surface area (Å²) in [6.07, 6.45) is 4.25. The number of benzene rings is 1. The van der Waals surface area contributed by atoms with Crippen LogP contribution in [0.2, 0.25) is 0 Å². The van der Waals surface area contributed by atoms with E-state index in [0.717, 1.165) is 24.9 Å². The zero-order valence-corrected chi connectivity index (χ0v) is 9.59. The number of hydrogen-bond donors (Lipinski definition) is 2. The van der Waals surface area contributed by atoms with Crippen molar-refractivity contribution in [2.45, 2.75) is 38.6 Å². The summed E-state index contributed by atoms with van der Waals surface area (Å²) >= 11 is 0. The average Bonchev–Trinajstić information content (AvgIpc) is 2.31. The highest BCUT2D eigenvalue weighted by atomic mass is 19.1. The molecule has 2 nitrogen and oxygen atoms in total. The lowest BCUT2D eigenvalue weighted by molar-refractivity contribution is 0.390. The third kappa shape index (κ3) is 2.35. The van der Waals surface area contributed by atoms with Crippen molar-refractivity contribution >= 4 is 0 Å². The maximum Gasteiger partial charge on any atom is 0.126 e. The molecule has 1 aliphatic heterocycles. The van der Waals surface area contributed by atoms with E-state index in [4.69, 9.17) is 0 Å². The van der Waals surface area contributed by atoms with E-state index in [9.17, 15) is 9.50 Å². The summed E-state index contributed by atoms with van der Waals surface area (Å²) in [4.78, 5) is 0. The Bertz CT molecular complexity index is 372. The fourth-order valence-corrected chi connectivity index (χ4v) is 2.32. The van der Waals surface area contributed by atoms with E-state index >= 15 is 0 Å². The first-order valence-corrected chi connectivity index (χ1v) is 5.89. The zero-order valence-electron chi connectivity index (χ0n) is 9.59. The summed E-state index contributed by atoms with van der Waals surface area (Å²) in [6.45, 7) is 2.76. The van der Waals surface area contributed by atoms with Gasteiger partial charge in [-0.3, -0.25) is 0 Å². The molecule has 1 aromatic carbocycles. The van der Waals surface area contributed by atoms with E-state index in [-0.39, 0.29) is 11.6 Å². The largest absolute Gasteiger partial charge is 0.508 e. The van der Waals surface area contributed by atoms with Gasteiger partial charge >= 0.3 is 0 Å². The van der Waals surface area contributed by atoms with Gasteiger partial charge in [0.2, 0.25) is 0 Å². The number of nitrogens with one attached hydrogen (secondary N) is 1. The van der Waals surface area contributed by atoms with Crippen molar-refractivity contribution in [1.29, 1.82) is 0 Å². The SMILES string of the molecule is Cc1c(F)ccc(O)c1CC1CCCCN1. The lowest BCUT2D eigenvalue weighted by Gasteiger charge is -2.24. The van der Waals surface area contributed by atoms with Gasteiger partial charge < -0.3 is 10.4 Å². The summed E-state index contributed by atoms with van der Waals surface area (Å²) in [7, 11) is 0. The maximum absolute atomic E-state index is 13.4. The number of hydrogen-bond acceptors (Lipinski definition) is 2. The second kappa shape index (κ2) is 4.83. The Kier molecular flexibility index (Phi) is 3.44. The highest BCUT2D eigenvalue weighted by molar-refractivity contribution is 5.40. The molecule has 2 rings (SSSR count). The highest BCUT2D eigenvalue weighted by Crippen LogP contribution is 2.26. The lowest BCUT2D eigenvalue weighted by Crippen LogP contribution is -2.35. The van der Waals surface area contributed by atoms with Crippen LogP contribution in [0.15, 0.2) is 12.1 Å². The average molecular weight is 223 g/mol. The van der Waals surface area contributed by atoms with Gasteiger partial charge in [-0.25, -0.2) is 4.39 Å². The Morgan fingerprint density at radius 3 is 2.94 bits per heavy atom. The van der Waals surface area contributed by atoms with Crippen LogP contribution in [-0.2, 0) is 6.42 Å². The molecule has 0 aliphatic carbocycles. The van der Waals surface area contributed by atoms with Crippen molar-refractivity contribution < 1.29 is 9.50 Å². The fourth-order valence-electron chi connectivity index (χ4n) is 2.32. The van der Waals surface area contributed by atoms with Crippen molar-refractivity contribution in [3.8, 4) is 5.75 Å². The Labute approximate surface area is 95.5 Å². The molecule has 1 aliphatic rings. The van der Waals surface area contributed by atoms with Crippen molar-refractivity contribution in [3.05, 3.63) is 29.1 Å². The van der Waals surface area contributed by atoms with Gasteiger partial charge in [0, 0.05) is 11.6 Å². The number of piperidine rings is 1. The lowest BCUT2D eigenvalue weighted by atomic mass is 9.94. The molecule has 0 radical (unpaired) electrons. The molecule has 3 heteroatoms. The Morgan fingerprint density at radius 2 is 2.25 bits per heavy atom. The van der Waals surface area contributed by atoms with Crippen LogP contribution in [0.1, 0.15) is 30.4 Å².